The number of amides is 1. The number of pyridine rings is 1. The van der Waals surface area contributed by atoms with Gasteiger partial charge in [-0.2, -0.15) is 0 Å². The van der Waals surface area contributed by atoms with Crippen molar-refractivity contribution in [2.45, 2.75) is 6.92 Å². The molecule has 0 fully saturated rings. The number of carbonyl (C=O) groups excluding carboxylic acids is 1. The third kappa shape index (κ3) is 4.14. The first-order chi connectivity index (χ1) is 12.0. The average molecular weight is 356 g/mol. The van der Waals surface area contributed by atoms with Crippen molar-refractivity contribution in [1.82, 2.24) is 4.98 Å². The van der Waals surface area contributed by atoms with E-state index in [0.717, 1.165) is 5.56 Å². The standard InChI is InChI=1S/C19H15ClFN3O/c1-12-10-13(20)6-8-16(12)24-19(25)18-9-7-14(11-22-18)23-17-5-3-2-4-15(17)21/h2-11,23H,1H3,(H,24,25). The summed E-state index contributed by atoms with van der Waals surface area (Å²) in [5, 5.41) is 6.32. The van der Waals surface area contributed by atoms with Crippen LogP contribution in [-0.4, -0.2) is 10.9 Å². The zero-order chi connectivity index (χ0) is 17.8. The number of nitrogens with zero attached hydrogens (tertiary/aromatic N) is 1. The summed E-state index contributed by atoms with van der Waals surface area (Å²) < 4.78 is 13.6. The highest BCUT2D eigenvalue weighted by molar-refractivity contribution is 6.30. The summed E-state index contributed by atoms with van der Waals surface area (Å²) >= 11 is 5.91. The van der Waals surface area contributed by atoms with Gasteiger partial charge in [-0.25, -0.2) is 9.37 Å². The topological polar surface area (TPSA) is 54.0 Å². The van der Waals surface area contributed by atoms with E-state index in [1.165, 1.54) is 12.3 Å². The number of aryl methyl sites for hydroxylation is 1. The first-order valence-corrected chi connectivity index (χ1v) is 7.96. The summed E-state index contributed by atoms with van der Waals surface area (Å²) in [5.41, 5.74) is 2.72. The number of hydrogen-bond acceptors (Lipinski definition) is 3. The molecule has 0 saturated heterocycles. The van der Waals surface area contributed by atoms with E-state index in [1.54, 1.807) is 48.5 Å². The third-order valence-electron chi connectivity index (χ3n) is 3.59. The Bertz CT molecular complexity index is 913. The van der Waals surface area contributed by atoms with Gasteiger partial charge in [0, 0.05) is 10.7 Å². The third-order valence-corrected chi connectivity index (χ3v) is 3.82. The molecule has 6 heteroatoms. The second kappa shape index (κ2) is 7.32. The molecular weight excluding hydrogens is 341 g/mol. The number of anilines is 3. The molecule has 0 aliphatic carbocycles. The Labute approximate surface area is 149 Å². The van der Waals surface area contributed by atoms with Crippen LogP contribution >= 0.6 is 11.6 Å². The van der Waals surface area contributed by atoms with Gasteiger partial charge < -0.3 is 10.6 Å². The maximum Gasteiger partial charge on any atom is 0.274 e. The molecule has 0 aliphatic rings. The molecule has 0 radical (unpaired) electrons. The average Bonchev–Trinajstić information content (AvgIpc) is 2.60. The monoisotopic (exact) mass is 355 g/mol. The Morgan fingerprint density at radius 3 is 2.56 bits per heavy atom. The van der Waals surface area contributed by atoms with Crippen molar-refractivity contribution in [3.8, 4) is 0 Å². The summed E-state index contributed by atoms with van der Waals surface area (Å²) in [7, 11) is 0. The second-order valence-corrected chi connectivity index (χ2v) is 5.89. The molecule has 0 atom stereocenters. The van der Waals surface area contributed by atoms with Gasteiger partial charge in [0.05, 0.1) is 17.6 Å². The highest BCUT2D eigenvalue weighted by Gasteiger charge is 2.10. The molecule has 0 bridgehead atoms. The van der Waals surface area contributed by atoms with Crippen LogP contribution in [0.15, 0.2) is 60.8 Å². The predicted octanol–water partition coefficient (Wildman–Crippen LogP) is 5.18. The van der Waals surface area contributed by atoms with Crippen molar-refractivity contribution in [2.24, 2.45) is 0 Å². The lowest BCUT2D eigenvalue weighted by atomic mass is 10.2. The van der Waals surface area contributed by atoms with E-state index in [9.17, 15) is 9.18 Å². The lowest BCUT2D eigenvalue weighted by molar-refractivity contribution is 0.102. The number of aromatic nitrogens is 1. The number of rotatable bonds is 4. The SMILES string of the molecule is Cc1cc(Cl)ccc1NC(=O)c1ccc(Nc2ccccc2F)cn1. The van der Waals surface area contributed by atoms with Gasteiger partial charge in [-0.05, 0) is 55.0 Å². The fourth-order valence-corrected chi connectivity index (χ4v) is 2.50. The maximum absolute atomic E-state index is 13.6. The van der Waals surface area contributed by atoms with E-state index in [0.29, 0.717) is 22.1 Å². The minimum Gasteiger partial charge on any atom is -0.352 e. The van der Waals surface area contributed by atoms with Crippen molar-refractivity contribution in [3.05, 3.63) is 82.9 Å². The molecule has 3 rings (SSSR count). The Balaban J connectivity index is 1.71. The van der Waals surface area contributed by atoms with Crippen LogP contribution in [-0.2, 0) is 0 Å². The lowest BCUT2D eigenvalue weighted by Gasteiger charge is -2.10. The summed E-state index contributed by atoms with van der Waals surface area (Å²) in [4.78, 5) is 16.4. The highest BCUT2D eigenvalue weighted by atomic mass is 35.5. The zero-order valence-electron chi connectivity index (χ0n) is 13.4. The molecule has 1 aromatic heterocycles. The molecule has 126 valence electrons. The molecule has 2 aromatic carbocycles. The van der Waals surface area contributed by atoms with Gasteiger partial charge in [-0.1, -0.05) is 23.7 Å². The smallest absolute Gasteiger partial charge is 0.274 e. The van der Waals surface area contributed by atoms with Crippen molar-refractivity contribution < 1.29 is 9.18 Å². The van der Waals surface area contributed by atoms with Crippen molar-refractivity contribution >= 4 is 34.6 Å². The van der Waals surface area contributed by atoms with Crippen molar-refractivity contribution in [1.29, 1.82) is 0 Å². The lowest BCUT2D eigenvalue weighted by Crippen LogP contribution is -2.14. The number of nitrogens with one attached hydrogen (secondary N) is 2. The fourth-order valence-electron chi connectivity index (χ4n) is 2.27. The number of halogens is 2. The maximum atomic E-state index is 13.6. The number of hydrogen-bond donors (Lipinski definition) is 2. The van der Waals surface area contributed by atoms with Crippen LogP contribution in [0.3, 0.4) is 0 Å². The summed E-state index contributed by atoms with van der Waals surface area (Å²) in [6, 6.07) is 14.8. The first kappa shape index (κ1) is 16.9. The molecule has 4 nitrogen and oxygen atoms in total. The minimum atomic E-state index is -0.359. The zero-order valence-corrected chi connectivity index (χ0v) is 14.1. The molecule has 1 heterocycles. The Hall–Kier alpha value is -2.92. The first-order valence-electron chi connectivity index (χ1n) is 7.58. The quantitative estimate of drug-likeness (QED) is 0.678. The van der Waals surface area contributed by atoms with Gasteiger partial charge in [0.15, 0.2) is 0 Å². The molecule has 0 saturated carbocycles. The molecule has 1 amide bonds. The van der Waals surface area contributed by atoms with E-state index >= 15 is 0 Å². The van der Waals surface area contributed by atoms with Crippen LogP contribution in [0.1, 0.15) is 16.1 Å². The molecule has 25 heavy (non-hydrogen) atoms. The second-order valence-electron chi connectivity index (χ2n) is 5.45. The molecule has 0 spiro atoms. The van der Waals surface area contributed by atoms with Gasteiger partial charge in [0.2, 0.25) is 0 Å². The number of para-hydroxylation sites is 1. The molecule has 0 unspecified atom stereocenters. The Kier molecular flexibility index (Phi) is 4.95. The van der Waals surface area contributed by atoms with E-state index in [2.05, 4.69) is 15.6 Å². The Morgan fingerprint density at radius 1 is 1.08 bits per heavy atom. The van der Waals surface area contributed by atoms with Crippen molar-refractivity contribution in [2.75, 3.05) is 10.6 Å². The van der Waals surface area contributed by atoms with Crippen LogP contribution in [0, 0.1) is 12.7 Å². The van der Waals surface area contributed by atoms with Crippen LogP contribution in [0.4, 0.5) is 21.5 Å². The van der Waals surface area contributed by atoms with Gasteiger partial charge in [0.1, 0.15) is 11.5 Å². The highest BCUT2D eigenvalue weighted by Crippen LogP contribution is 2.21. The van der Waals surface area contributed by atoms with Gasteiger partial charge in [0.25, 0.3) is 5.91 Å². The van der Waals surface area contributed by atoms with E-state index in [1.807, 2.05) is 6.92 Å². The fraction of sp³-hybridized carbons (Fsp3) is 0.0526. The number of benzene rings is 2. The van der Waals surface area contributed by atoms with E-state index in [-0.39, 0.29) is 17.4 Å². The minimum absolute atomic E-state index is 0.258. The molecule has 2 N–H and O–H groups in total. The van der Waals surface area contributed by atoms with Gasteiger partial charge >= 0.3 is 0 Å². The Morgan fingerprint density at radius 2 is 1.88 bits per heavy atom. The van der Waals surface area contributed by atoms with Crippen molar-refractivity contribution in [3.63, 3.8) is 0 Å². The normalized spacial score (nSPS) is 10.4. The van der Waals surface area contributed by atoms with Crippen LogP contribution in [0.25, 0.3) is 0 Å². The molecular formula is C19H15ClFN3O. The summed E-state index contributed by atoms with van der Waals surface area (Å²) in [6.07, 6.45) is 1.48. The van der Waals surface area contributed by atoms with E-state index in [4.69, 9.17) is 11.6 Å². The van der Waals surface area contributed by atoms with E-state index < -0.39 is 0 Å². The summed E-state index contributed by atoms with van der Waals surface area (Å²) in [6.45, 7) is 1.86. The number of carbonyl (C=O) groups is 1. The van der Waals surface area contributed by atoms with Gasteiger partial charge in [-0.3, -0.25) is 4.79 Å². The van der Waals surface area contributed by atoms with Crippen LogP contribution < -0.4 is 10.6 Å². The summed E-state index contributed by atoms with van der Waals surface area (Å²) in [5.74, 6) is -0.689. The van der Waals surface area contributed by atoms with Crippen LogP contribution in [0.5, 0.6) is 0 Å². The molecule has 3 aromatic rings. The largest absolute Gasteiger partial charge is 0.352 e. The van der Waals surface area contributed by atoms with Crippen LogP contribution in [0.2, 0.25) is 5.02 Å². The predicted molar refractivity (Wildman–Crippen MR) is 98.1 cm³/mol. The van der Waals surface area contributed by atoms with Gasteiger partial charge in [-0.15, -0.1) is 0 Å². The molecule has 0 aliphatic heterocycles.